The van der Waals surface area contributed by atoms with Crippen molar-refractivity contribution in [3.63, 3.8) is 0 Å². The predicted octanol–water partition coefficient (Wildman–Crippen LogP) is 3.05. The summed E-state index contributed by atoms with van der Waals surface area (Å²) in [7, 11) is 0. The summed E-state index contributed by atoms with van der Waals surface area (Å²) in [6.07, 6.45) is 1.96. The molecule has 0 aliphatic carbocycles. The molecule has 2 rings (SSSR count). The molecule has 0 aromatic heterocycles. The quantitative estimate of drug-likeness (QED) is 0.889. The van der Waals surface area contributed by atoms with Gasteiger partial charge in [0.15, 0.2) is 0 Å². The van der Waals surface area contributed by atoms with Crippen molar-refractivity contribution in [2.75, 3.05) is 19.8 Å². The number of halogens is 1. The van der Waals surface area contributed by atoms with Crippen LogP contribution in [0.5, 0.6) is 5.75 Å². The molecule has 1 aliphatic rings. The highest BCUT2D eigenvalue weighted by molar-refractivity contribution is 5.36. The molecule has 1 aromatic rings. The van der Waals surface area contributed by atoms with E-state index in [1.807, 2.05) is 13.8 Å². The lowest BCUT2D eigenvalue weighted by Gasteiger charge is -2.26. The number of benzene rings is 1. The first kappa shape index (κ1) is 14.3. The second-order valence-corrected chi connectivity index (χ2v) is 4.89. The van der Waals surface area contributed by atoms with Gasteiger partial charge >= 0.3 is 0 Å². The van der Waals surface area contributed by atoms with Crippen LogP contribution in [-0.2, 0) is 4.74 Å². The number of hydrogen-bond acceptors (Lipinski definition) is 3. The highest BCUT2D eigenvalue weighted by Gasteiger charge is 2.19. The Kier molecular flexibility index (Phi) is 5.16. The summed E-state index contributed by atoms with van der Waals surface area (Å²) >= 11 is 0. The van der Waals surface area contributed by atoms with Crippen molar-refractivity contribution >= 4 is 0 Å². The molecule has 0 bridgehead atoms. The molecule has 1 aliphatic heterocycles. The van der Waals surface area contributed by atoms with Gasteiger partial charge in [-0.2, -0.15) is 0 Å². The minimum absolute atomic E-state index is 0.0792. The van der Waals surface area contributed by atoms with Gasteiger partial charge in [0.1, 0.15) is 17.7 Å². The van der Waals surface area contributed by atoms with E-state index in [4.69, 9.17) is 9.47 Å². The Morgan fingerprint density at radius 1 is 1.42 bits per heavy atom. The molecule has 1 N–H and O–H groups in total. The van der Waals surface area contributed by atoms with Crippen molar-refractivity contribution in [3.05, 3.63) is 29.6 Å². The van der Waals surface area contributed by atoms with Crippen LogP contribution in [0.25, 0.3) is 0 Å². The van der Waals surface area contributed by atoms with E-state index in [1.165, 1.54) is 6.07 Å². The molecular weight excluding hydrogens is 245 g/mol. The number of ether oxygens (including phenoxy) is 2. The molecule has 1 aromatic carbocycles. The Morgan fingerprint density at radius 3 is 2.84 bits per heavy atom. The lowest BCUT2D eigenvalue weighted by atomic mass is 10.1. The molecular formula is C15H22FNO2. The van der Waals surface area contributed by atoms with Crippen LogP contribution in [0.3, 0.4) is 0 Å². The van der Waals surface area contributed by atoms with Gasteiger partial charge in [0.05, 0.1) is 13.2 Å². The average Bonchev–Trinajstić information content (AvgIpc) is 2.42. The molecule has 0 spiro atoms. The monoisotopic (exact) mass is 267 g/mol. The molecule has 0 saturated carbocycles. The van der Waals surface area contributed by atoms with Gasteiger partial charge in [0.25, 0.3) is 0 Å². The van der Waals surface area contributed by atoms with Crippen molar-refractivity contribution < 1.29 is 13.9 Å². The van der Waals surface area contributed by atoms with Gasteiger partial charge < -0.3 is 14.8 Å². The van der Waals surface area contributed by atoms with Gasteiger partial charge in [0, 0.05) is 24.4 Å². The second kappa shape index (κ2) is 6.87. The van der Waals surface area contributed by atoms with Gasteiger partial charge in [-0.15, -0.1) is 0 Å². The maximum absolute atomic E-state index is 13.4. The van der Waals surface area contributed by atoms with Gasteiger partial charge in [-0.1, -0.05) is 6.92 Å². The Balaban J connectivity index is 2.13. The van der Waals surface area contributed by atoms with Gasteiger partial charge in [-0.3, -0.25) is 0 Å². The van der Waals surface area contributed by atoms with Crippen LogP contribution in [-0.4, -0.2) is 25.9 Å². The molecule has 0 amide bonds. The third-order valence-corrected chi connectivity index (χ3v) is 3.41. The molecule has 19 heavy (non-hydrogen) atoms. The summed E-state index contributed by atoms with van der Waals surface area (Å²) in [5, 5.41) is 3.30. The first-order chi connectivity index (χ1) is 9.20. The van der Waals surface area contributed by atoms with Crippen molar-refractivity contribution in [1.82, 2.24) is 5.32 Å². The molecule has 4 heteroatoms. The van der Waals surface area contributed by atoms with Crippen LogP contribution in [0, 0.1) is 5.82 Å². The molecule has 1 saturated heterocycles. The summed E-state index contributed by atoms with van der Waals surface area (Å²) in [6.45, 7) is 6.38. The van der Waals surface area contributed by atoms with Crippen LogP contribution in [0.15, 0.2) is 18.2 Å². The fourth-order valence-electron chi connectivity index (χ4n) is 2.35. The standard InChI is InChI=1S/C15H22FNO2/c1-3-17-11(2)14-10-12(16)4-5-15(14)19-13-6-8-18-9-7-13/h4-5,10-11,13,17H,3,6-9H2,1-2H3. The van der Waals surface area contributed by atoms with Crippen molar-refractivity contribution in [1.29, 1.82) is 0 Å². The smallest absolute Gasteiger partial charge is 0.124 e. The Morgan fingerprint density at radius 2 is 2.16 bits per heavy atom. The lowest BCUT2D eigenvalue weighted by molar-refractivity contribution is 0.0250. The maximum Gasteiger partial charge on any atom is 0.124 e. The highest BCUT2D eigenvalue weighted by atomic mass is 19.1. The third-order valence-electron chi connectivity index (χ3n) is 3.41. The van der Waals surface area contributed by atoms with E-state index >= 15 is 0 Å². The van der Waals surface area contributed by atoms with E-state index in [1.54, 1.807) is 12.1 Å². The summed E-state index contributed by atoms with van der Waals surface area (Å²) in [6, 6.07) is 4.82. The zero-order valence-corrected chi connectivity index (χ0v) is 11.6. The zero-order chi connectivity index (χ0) is 13.7. The third kappa shape index (κ3) is 3.91. The summed E-state index contributed by atoms with van der Waals surface area (Å²) in [5.41, 5.74) is 0.883. The number of rotatable bonds is 5. The Bertz CT molecular complexity index is 405. The van der Waals surface area contributed by atoms with Crippen molar-refractivity contribution in [3.8, 4) is 5.75 Å². The second-order valence-electron chi connectivity index (χ2n) is 4.89. The van der Waals surface area contributed by atoms with Crippen LogP contribution < -0.4 is 10.1 Å². The summed E-state index contributed by atoms with van der Waals surface area (Å²) < 4.78 is 24.8. The maximum atomic E-state index is 13.4. The van der Waals surface area contributed by atoms with Crippen LogP contribution in [0.4, 0.5) is 4.39 Å². The number of nitrogens with one attached hydrogen (secondary N) is 1. The first-order valence-corrected chi connectivity index (χ1v) is 6.98. The van der Waals surface area contributed by atoms with Crippen molar-refractivity contribution in [2.45, 2.75) is 38.8 Å². The van der Waals surface area contributed by atoms with E-state index in [2.05, 4.69) is 5.32 Å². The van der Waals surface area contributed by atoms with E-state index in [-0.39, 0.29) is 18.0 Å². The predicted molar refractivity (Wildman–Crippen MR) is 73.0 cm³/mol. The van der Waals surface area contributed by atoms with Crippen LogP contribution in [0.1, 0.15) is 38.3 Å². The topological polar surface area (TPSA) is 30.5 Å². The molecule has 3 nitrogen and oxygen atoms in total. The lowest BCUT2D eigenvalue weighted by Crippen LogP contribution is -2.27. The van der Waals surface area contributed by atoms with Gasteiger partial charge in [-0.25, -0.2) is 4.39 Å². The minimum Gasteiger partial charge on any atom is -0.490 e. The fourth-order valence-corrected chi connectivity index (χ4v) is 2.35. The fraction of sp³-hybridized carbons (Fsp3) is 0.600. The normalized spacial score (nSPS) is 18.3. The van der Waals surface area contributed by atoms with Crippen LogP contribution in [0.2, 0.25) is 0 Å². The van der Waals surface area contributed by atoms with E-state index < -0.39 is 0 Å². The van der Waals surface area contributed by atoms with Gasteiger partial charge in [0.2, 0.25) is 0 Å². The molecule has 106 valence electrons. The molecule has 1 fully saturated rings. The van der Waals surface area contributed by atoms with E-state index in [0.29, 0.717) is 0 Å². The summed E-state index contributed by atoms with van der Waals surface area (Å²) in [5.74, 6) is 0.556. The largest absolute Gasteiger partial charge is 0.490 e. The Labute approximate surface area is 114 Å². The molecule has 1 atom stereocenters. The minimum atomic E-state index is -0.223. The molecule has 0 radical (unpaired) electrons. The number of hydrogen-bond donors (Lipinski definition) is 1. The van der Waals surface area contributed by atoms with Crippen molar-refractivity contribution in [2.24, 2.45) is 0 Å². The molecule has 1 heterocycles. The summed E-state index contributed by atoms with van der Waals surface area (Å²) in [4.78, 5) is 0. The highest BCUT2D eigenvalue weighted by Crippen LogP contribution is 2.28. The SMILES string of the molecule is CCNC(C)c1cc(F)ccc1OC1CCOCC1. The van der Waals surface area contributed by atoms with Gasteiger partial charge in [-0.05, 0) is 31.7 Å². The molecule has 1 unspecified atom stereocenters. The van der Waals surface area contributed by atoms with Crippen LogP contribution >= 0.6 is 0 Å². The zero-order valence-electron chi connectivity index (χ0n) is 11.6. The first-order valence-electron chi connectivity index (χ1n) is 6.98. The van der Waals surface area contributed by atoms with E-state index in [9.17, 15) is 4.39 Å². The Hall–Kier alpha value is -1.13. The average molecular weight is 267 g/mol. The van der Waals surface area contributed by atoms with E-state index in [0.717, 1.165) is 43.9 Å².